The van der Waals surface area contributed by atoms with E-state index in [9.17, 15) is 4.39 Å². The van der Waals surface area contributed by atoms with Crippen LogP contribution in [0.5, 0.6) is 0 Å². The van der Waals surface area contributed by atoms with Crippen molar-refractivity contribution in [2.45, 2.75) is 52.4 Å². The van der Waals surface area contributed by atoms with Gasteiger partial charge in [-0.05, 0) is 50.9 Å². The predicted molar refractivity (Wildman–Crippen MR) is 123 cm³/mol. The Hall–Kier alpha value is -2.74. The second kappa shape index (κ2) is 7.94. The van der Waals surface area contributed by atoms with Gasteiger partial charge in [-0.2, -0.15) is 0 Å². The van der Waals surface area contributed by atoms with Crippen LogP contribution in [0.25, 0.3) is 21.7 Å². The van der Waals surface area contributed by atoms with E-state index in [2.05, 4.69) is 89.0 Å². The minimum Gasteiger partial charge on any atom is -0.256 e. The first-order chi connectivity index (χ1) is 13.6. The Kier molecular flexibility index (Phi) is 5.75. The van der Waals surface area contributed by atoms with Crippen molar-refractivity contribution in [2.75, 3.05) is 0 Å². The summed E-state index contributed by atoms with van der Waals surface area (Å²) < 4.78 is 13.4. The summed E-state index contributed by atoms with van der Waals surface area (Å²) in [4.78, 5) is 4.32. The number of pyridine rings is 1. The van der Waals surface area contributed by atoms with Crippen molar-refractivity contribution < 1.29 is 4.39 Å². The molecule has 0 fully saturated rings. The van der Waals surface area contributed by atoms with Crippen LogP contribution in [0.1, 0.15) is 52.7 Å². The van der Waals surface area contributed by atoms with Gasteiger partial charge in [0.1, 0.15) is 5.82 Å². The molecule has 0 saturated heterocycles. The molecule has 0 spiro atoms. The molecule has 29 heavy (non-hydrogen) atoms. The summed E-state index contributed by atoms with van der Waals surface area (Å²) in [7, 11) is 0. The smallest absolute Gasteiger partial charge is 0.124 e. The molecule has 1 nitrogen and oxygen atoms in total. The summed E-state index contributed by atoms with van der Waals surface area (Å²) in [6, 6.07) is 21.9. The van der Waals surface area contributed by atoms with Gasteiger partial charge in [-0.1, -0.05) is 90.1 Å². The Labute approximate surface area is 173 Å². The van der Waals surface area contributed by atoms with E-state index in [4.69, 9.17) is 0 Å². The molecule has 0 aliphatic heterocycles. The first kappa shape index (κ1) is 21.0. The second-order valence-electron chi connectivity index (χ2n) is 9.56. The zero-order chi connectivity index (χ0) is 21.2. The van der Waals surface area contributed by atoms with Crippen molar-refractivity contribution in [3.05, 3.63) is 89.9 Å². The van der Waals surface area contributed by atoms with Crippen molar-refractivity contribution in [1.29, 1.82) is 0 Å². The Bertz CT molecular complexity index is 1130. The van der Waals surface area contributed by atoms with E-state index in [0.29, 0.717) is 0 Å². The molecular weight excluding hydrogens is 357 g/mol. The predicted octanol–water partition coefficient (Wildman–Crippen LogP) is 7.81. The second-order valence-corrected chi connectivity index (χ2v) is 9.56. The third-order valence-corrected chi connectivity index (χ3v) is 5.08. The van der Waals surface area contributed by atoms with E-state index < -0.39 is 0 Å². The van der Waals surface area contributed by atoms with Crippen LogP contribution in [0.15, 0.2) is 72.9 Å². The Morgan fingerprint density at radius 3 is 1.97 bits per heavy atom. The molecule has 0 unspecified atom stereocenters. The molecule has 0 N–H and O–H groups in total. The average Bonchev–Trinajstić information content (AvgIpc) is 2.66. The van der Waals surface area contributed by atoms with Crippen molar-refractivity contribution in [1.82, 2.24) is 4.98 Å². The third-order valence-electron chi connectivity index (χ3n) is 5.08. The van der Waals surface area contributed by atoms with Gasteiger partial charge in [-0.25, -0.2) is 4.39 Å². The molecule has 3 aromatic carbocycles. The van der Waals surface area contributed by atoms with E-state index in [0.717, 1.165) is 16.5 Å². The van der Waals surface area contributed by atoms with E-state index in [-0.39, 0.29) is 16.6 Å². The standard InChI is InChI=1S/C14H16.C13H14FN/c1-14(2,3)13-10-6-8-11-7-4-5-9-12(11)13;1-13(2,3)11-8-10(14)7-9-5-4-6-15-12(9)11/h4-10H,1-3H3;4-8H,1-3H3. The largest absolute Gasteiger partial charge is 0.256 e. The molecule has 4 aromatic rings. The number of nitrogens with zero attached hydrogens (tertiary/aromatic N) is 1. The molecule has 0 bridgehead atoms. The lowest BCUT2D eigenvalue weighted by Crippen LogP contribution is -2.12. The first-order valence-electron chi connectivity index (χ1n) is 10.1. The normalized spacial score (nSPS) is 12.0. The van der Waals surface area contributed by atoms with Gasteiger partial charge in [0.2, 0.25) is 0 Å². The Morgan fingerprint density at radius 2 is 1.28 bits per heavy atom. The number of halogens is 1. The maximum absolute atomic E-state index is 13.4. The van der Waals surface area contributed by atoms with E-state index >= 15 is 0 Å². The topological polar surface area (TPSA) is 12.9 Å². The van der Waals surface area contributed by atoms with Gasteiger partial charge in [-0.15, -0.1) is 0 Å². The summed E-state index contributed by atoms with van der Waals surface area (Å²) in [6.07, 6.45) is 1.75. The highest BCUT2D eigenvalue weighted by Gasteiger charge is 2.18. The third kappa shape index (κ3) is 4.82. The SMILES string of the molecule is CC(C)(C)c1cc(F)cc2cccnc12.CC(C)(C)c1cccc2ccccc12. The van der Waals surface area contributed by atoms with Crippen LogP contribution in [0.2, 0.25) is 0 Å². The van der Waals surface area contributed by atoms with Crippen LogP contribution in [-0.4, -0.2) is 4.98 Å². The van der Waals surface area contributed by atoms with E-state index in [1.165, 1.54) is 22.4 Å². The maximum Gasteiger partial charge on any atom is 0.124 e. The molecule has 0 radical (unpaired) electrons. The Balaban J connectivity index is 0.000000166. The molecule has 0 saturated carbocycles. The number of hydrogen-bond acceptors (Lipinski definition) is 1. The number of hydrogen-bond donors (Lipinski definition) is 0. The minimum absolute atomic E-state index is 0.0886. The quantitative estimate of drug-likeness (QED) is 0.300. The van der Waals surface area contributed by atoms with Crippen molar-refractivity contribution in [3.63, 3.8) is 0 Å². The molecular formula is C27H30FN. The van der Waals surface area contributed by atoms with Crippen molar-refractivity contribution in [3.8, 4) is 0 Å². The molecule has 0 amide bonds. The number of rotatable bonds is 0. The lowest BCUT2D eigenvalue weighted by atomic mass is 9.84. The summed E-state index contributed by atoms with van der Waals surface area (Å²) in [5.41, 5.74) is 3.41. The highest BCUT2D eigenvalue weighted by molar-refractivity contribution is 5.86. The van der Waals surface area contributed by atoms with Crippen molar-refractivity contribution in [2.24, 2.45) is 0 Å². The van der Waals surface area contributed by atoms with Crippen molar-refractivity contribution >= 4 is 21.7 Å². The molecule has 150 valence electrons. The van der Waals surface area contributed by atoms with Gasteiger partial charge in [0.25, 0.3) is 0 Å². The van der Waals surface area contributed by atoms with Crippen LogP contribution < -0.4 is 0 Å². The van der Waals surface area contributed by atoms with Crippen LogP contribution in [0.3, 0.4) is 0 Å². The summed E-state index contributed by atoms with van der Waals surface area (Å²) >= 11 is 0. The van der Waals surface area contributed by atoms with Gasteiger partial charge >= 0.3 is 0 Å². The minimum atomic E-state index is -0.194. The summed E-state index contributed by atoms with van der Waals surface area (Å²) in [5.74, 6) is -0.194. The number of benzene rings is 3. The fourth-order valence-electron chi connectivity index (χ4n) is 3.61. The monoisotopic (exact) mass is 387 g/mol. The Morgan fingerprint density at radius 1 is 0.655 bits per heavy atom. The fraction of sp³-hybridized carbons (Fsp3) is 0.296. The number of fused-ring (bicyclic) bond motifs is 2. The highest BCUT2D eigenvalue weighted by Crippen LogP contribution is 2.30. The average molecular weight is 388 g/mol. The zero-order valence-corrected chi connectivity index (χ0v) is 18.3. The first-order valence-corrected chi connectivity index (χ1v) is 10.1. The maximum atomic E-state index is 13.4. The molecule has 0 aliphatic carbocycles. The summed E-state index contributed by atoms with van der Waals surface area (Å²) in [6.45, 7) is 13.0. The molecule has 1 aromatic heterocycles. The highest BCUT2D eigenvalue weighted by atomic mass is 19.1. The van der Waals surface area contributed by atoms with Crippen LogP contribution in [-0.2, 0) is 10.8 Å². The molecule has 1 heterocycles. The van der Waals surface area contributed by atoms with Gasteiger partial charge in [0.15, 0.2) is 0 Å². The fourth-order valence-corrected chi connectivity index (χ4v) is 3.61. The van der Waals surface area contributed by atoms with Crippen LogP contribution in [0, 0.1) is 5.82 Å². The number of aromatic nitrogens is 1. The molecule has 0 aliphatic rings. The molecule has 0 atom stereocenters. The summed E-state index contributed by atoms with van der Waals surface area (Å²) in [5, 5.41) is 3.57. The van der Waals surface area contributed by atoms with Crippen LogP contribution in [0.4, 0.5) is 4.39 Å². The van der Waals surface area contributed by atoms with Gasteiger partial charge < -0.3 is 0 Å². The van der Waals surface area contributed by atoms with Gasteiger partial charge in [0.05, 0.1) is 5.52 Å². The molecule has 4 rings (SSSR count). The van der Waals surface area contributed by atoms with E-state index in [1.54, 1.807) is 12.3 Å². The van der Waals surface area contributed by atoms with Crippen LogP contribution >= 0.6 is 0 Å². The molecule has 2 heteroatoms. The lowest BCUT2D eigenvalue weighted by molar-refractivity contribution is 0.577. The lowest BCUT2D eigenvalue weighted by Gasteiger charge is -2.21. The van der Waals surface area contributed by atoms with Gasteiger partial charge in [-0.3, -0.25) is 4.98 Å². The van der Waals surface area contributed by atoms with E-state index in [1.807, 2.05) is 12.1 Å². The zero-order valence-electron chi connectivity index (χ0n) is 18.3. The van der Waals surface area contributed by atoms with Gasteiger partial charge in [0, 0.05) is 11.6 Å².